The van der Waals surface area contributed by atoms with Crippen LogP contribution in [0.1, 0.15) is 11.3 Å². The summed E-state index contributed by atoms with van der Waals surface area (Å²) in [6, 6.07) is 13.5. The lowest BCUT2D eigenvalue weighted by molar-refractivity contribution is 0.174. The number of nitrogens with zero attached hydrogens (tertiary/aromatic N) is 1. The number of benzene rings is 2. The Bertz CT molecular complexity index is 953. The molecule has 0 amide bonds. The zero-order valence-electron chi connectivity index (χ0n) is 13.0. The van der Waals surface area contributed by atoms with E-state index >= 15 is 0 Å². The van der Waals surface area contributed by atoms with E-state index in [1.807, 2.05) is 48.6 Å². The smallest absolute Gasteiger partial charge is 0.231 e. The fourth-order valence-corrected chi connectivity index (χ4v) is 2.84. The van der Waals surface area contributed by atoms with Crippen LogP contribution in [-0.2, 0) is 0 Å². The van der Waals surface area contributed by atoms with Gasteiger partial charge in [0.15, 0.2) is 11.5 Å². The van der Waals surface area contributed by atoms with Gasteiger partial charge in [0, 0.05) is 11.5 Å². The van der Waals surface area contributed by atoms with Crippen molar-refractivity contribution in [2.24, 2.45) is 0 Å². The summed E-state index contributed by atoms with van der Waals surface area (Å²) in [7, 11) is 1.64. The Kier molecular flexibility index (Phi) is 3.75. The number of aromatic nitrogens is 1. The van der Waals surface area contributed by atoms with Crippen molar-refractivity contribution in [3.8, 4) is 17.2 Å². The predicted octanol–water partition coefficient (Wildman–Crippen LogP) is 4.80. The molecule has 24 heavy (non-hydrogen) atoms. The third-order valence-electron chi connectivity index (χ3n) is 3.85. The first-order chi connectivity index (χ1) is 11.7. The number of methoxy groups -OCH3 is 1. The van der Waals surface area contributed by atoms with Crippen molar-refractivity contribution >= 4 is 34.7 Å². The van der Waals surface area contributed by atoms with Crippen LogP contribution in [0.4, 0.5) is 0 Å². The Morgan fingerprint density at radius 1 is 1.08 bits per heavy atom. The molecule has 0 N–H and O–H groups in total. The van der Waals surface area contributed by atoms with E-state index in [0.29, 0.717) is 16.5 Å². The summed E-state index contributed by atoms with van der Waals surface area (Å²) in [6.45, 7) is 0.227. The molecule has 1 aliphatic rings. The van der Waals surface area contributed by atoms with E-state index in [0.717, 1.165) is 27.9 Å². The molecule has 0 fully saturated rings. The summed E-state index contributed by atoms with van der Waals surface area (Å²) in [5.41, 5.74) is 2.50. The van der Waals surface area contributed by atoms with Gasteiger partial charge in [-0.15, -0.1) is 0 Å². The second-order valence-corrected chi connectivity index (χ2v) is 5.74. The Morgan fingerprint density at radius 2 is 1.92 bits per heavy atom. The van der Waals surface area contributed by atoms with Crippen LogP contribution in [0.3, 0.4) is 0 Å². The van der Waals surface area contributed by atoms with E-state index in [2.05, 4.69) is 4.98 Å². The van der Waals surface area contributed by atoms with Crippen molar-refractivity contribution in [2.45, 2.75) is 0 Å². The van der Waals surface area contributed by atoms with Crippen LogP contribution < -0.4 is 14.2 Å². The SMILES string of the molecule is COc1cccc2ccc(/C=C/c3cc4c(cc3Cl)OCO4)nc12. The molecule has 4 rings (SSSR count). The molecule has 5 heteroatoms. The maximum atomic E-state index is 6.29. The van der Waals surface area contributed by atoms with Crippen LogP contribution in [0.15, 0.2) is 42.5 Å². The van der Waals surface area contributed by atoms with Crippen molar-refractivity contribution in [3.05, 3.63) is 58.7 Å². The Balaban J connectivity index is 1.70. The molecule has 0 saturated carbocycles. The first-order valence-corrected chi connectivity index (χ1v) is 7.83. The molecular formula is C19H14ClNO3. The molecule has 0 atom stereocenters. The highest BCUT2D eigenvalue weighted by Crippen LogP contribution is 2.37. The van der Waals surface area contributed by atoms with Crippen LogP contribution in [0, 0.1) is 0 Å². The van der Waals surface area contributed by atoms with Crippen LogP contribution in [0.2, 0.25) is 5.02 Å². The minimum Gasteiger partial charge on any atom is -0.494 e. The summed E-state index contributed by atoms with van der Waals surface area (Å²) in [6.07, 6.45) is 3.82. The molecule has 120 valence electrons. The van der Waals surface area contributed by atoms with Crippen molar-refractivity contribution in [1.29, 1.82) is 0 Å². The zero-order chi connectivity index (χ0) is 16.5. The summed E-state index contributed by atoms with van der Waals surface area (Å²) < 4.78 is 16.1. The van der Waals surface area contributed by atoms with Gasteiger partial charge in [0.25, 0.3) is 0 Å². The number of fused-ring (bicyclic) bond motifs is 2. The van der Waals surface area contributed by atoms with Gasteiger partial charge in [-0.2, -0.15) is 0 Å². The lowest BCUT2D eigenvalue weighted by atomic mass is 10.1. The monoisotopic (exact) mass is 339 g/mol. The number of halogens is 1. The minimum atomic E-state index is 0.227. The van der Waals surface area contributed by atoms with E-state index in [1.54, 1.807) is 13.2 Å². The van der Waals surface area contributed by atoms with Gasteiger partial charge < -0.3 is 14.2 Å². The molecule has 0 radical (unpaired) electrons. The predicted molar refractivity (Wildman–Crippen MR) is 94.8 cm³/mol. The molecule has 0 unspecified atom stereocenters. The van der Waals surface area contributed by atoms with Crippen LogP contribution >= 0.6 is 11.6 Å². The quantitative estimate of drug-likeness (QED) is 0.687. The van der Waals surface area contributed by atoms with E-state index in [1.165, 1.54) is 0 Å². The maximum absolute atomic E-state index is 6.29. The van der Waals surface area contributed by atoms with Gasteiger partial charge in [0.1, 0.15) is 11.3 Å². The first-order valence-electron chi connectivity index (χ1n) is 7.45. The standard InChI is InChI=1S/C19H14ClNO3/c1-22-16-4-2-3-12-5-7-14(21-19(12)16)8-6-13-9-17-18(10-15(13)20)24-11-23-17/h2-10H,11H2,1H3/b8-6+. The Hall–Kier alpha value is -2.72. The zero-order valence-corrected chi connectivity index (χ0v) is 13.7. The number of hydrogen-bond acceptors (Lipinski definition) is 4. The fourth-order valence-electron chi connectivity index (χ4n) is 2.63. The van der Waals surface area contributed by atoms with Gasteiger partial charge >= 0.3 is 0 Å². The third kappa shape index (κ3) is 2.65. The number of para-hydroxylation sites is 1. The van der Waals surface area contributed by atoms with Gasteiger partial charge in [-0.3, -0.25) is 0 Å². The van der Waals surface area contributed by atoms with Crippen LogP contribution in [0.25, 0.3) is 23.1 Å². The van der Waals surface area contributed by atoms with E-state index in [9.17, 15) is 0 Å². The summed E-state index contributed by atoms with van der Waals surface area (Å²) in [4.78, 5) is 4.65. The number of hydrogen-bond donors (Lipinski definition) is 0. The van der Waals surface area contributed by atoms with Crippen molar-refractivity contribution in [3.63, 3.8) is 0 Å². The minimum absolute atomic E-state index is 0.227. The van der Waals surface area contributed by atoms with Crippen LogP contribution in [0.5, 0.6) is 17.2 Å². The largest absolute Gasteiger partial charge is 0.494 e. The summed E-state index contributed by atoms with van der Waals surface area (Å²) in [5, 5.41) is 1.64. The second-order valence-electron chi connectivity index (χ2n) is 5.33. The second kappa shape index (κ2) is 6.06. The van der Waals surface area contributed by atoms with Gasteiger partial charge in [-0.1, -0.05) is 35.9 Å². The van der Waals surface area contributed by atoms with Crippen molar-refractivity contribution < 1.29 is 14.2 Å². The highest BCUT2D eigenvalue weighted by atomic mass is 35.5. The average molecular weight is 340 g/mol. The average Bonchev–Trinajstić information content (AvgIpc) is 3.06. The van der Waals surface area contributed by atoms with Crippen LogP contribution in [-0.4, -0.2) is 18.9 Å². The van der Waals surface area contributed by atoms with Crippen molar-refractivity contribution in [1.82, 2.24) is 4.98 Å². The lowest BCUT2D eigenvalue weighted by Gasteiger charge is -2.05. The molecule has 1 aromatic heterocycles. The van der Waals surface area contributed by atoms with E-state index in [-0.39, 0.29) is 6.79 Å². The van der Waals surface area contributed by atoms with Gasteiger partial charge in [0.05, 0.1) is 17.8 Å². The number of rotatable bonds is 3. The fraction of sp³-hybridized carbons (Fsp3) is 0.105. The maximum Gasteiger partial charge on any atom is 0.231 e. The van der Waals surface area contributed by atoms with Gasteiger partial charge in [-0.25, -0.2) is 4.98 Å². The highest BCUT2D eigenvalue weighted by Gasteiger charge is 2.15. The lowest BCUT2D eigenvalue weighted by Crippen LogP contribution is -1.92. The Labute approximate surface area is 144 Å². The molecule has 0 bridgehead atoms. The van der Waals surface area contributed by atoms with Crippen molar-refractivity contribution in [2.75, 3.05) is 13.9 Å². The molecule has 4 nitrogen and oxygen atoms in total. The molecule has 2 aromatic carbocycles. The molecule has 3 aromatic rings. The number of pyridine rings is 1. The molecule has 0 saturated heterocycles. The van der Waals surface area contributed by atoms with E-state index in [4.69, 9.17) is 25.8 Å². The molecule has 1 aliphatic heterocycles. The van der Waals surface area contributed by atoms with Gasteiger partial charge in [0.2, 0.25) is 6.79 Å². The molecule has 0 aliphatic carbocycles. The molecular weight excluding hydrogens is 326 g/mol. The highest BCUT2D eigenvalue weighted by molar-refractivity contribution is 6.32. The van der Waals surface area contributed by atoms with E-state index < -0.39 is 0 Å². The first kappa shape index (κ1) is 14.8. The molecule has 0 spiro atoms. The Morgan fingerprint density at radius 3 is 2.75 bits per heavy atom. The third-order valence-corrected chi connectivity index (χ3v) is 4.18. The summed E-state index contributed by atoms with van der Waals surface area (Å²) >= 11 is 6.29. The topological polar surface area (TPSA) is 40.6 Å². The summed E-state index contributed by atoms with van der Waals surface area (Å²) in [5.74, 6) is 2.13. The number of ether oxygens (including phenoxy) is 3. The van der Waals surface area contributed by atoms with Gasteiger partial charge in [-0.05, 0) is 29.8 Å². The molecule has 2 heterocycles. The normalized spacial score (nSPS) is 12.9.